The molecule has 80 valence electrons. The molecule has 2 heterocycles. The van der Waals surface area contributed by atoms with Gasteiger partial charge in [-0.25, -0.2) is 4.98 Å². The number of hydrogen-bond acceptors (Lipinski definition) is 4. The molecule has 2 aromatic heterocycles. The summed E-state index contributed by atoms with van der Waals surface area (Å²) in [6.07, 6.45) is 5.34. The van der Waals surface area contributed by atoms with Crippen molar-refractivity contribution < 1.29 is 0 Å². The molecule has 0 spiro atoms. The summed E-state index contributed by atoms with van der Waals surface area (Å²) in [4.78, 5) is 4.04. The van der Waals surface area contributed by atoms with E-state index >= 15 is 0 Å². The highest BCUT2D eigenvalue weighted by atomic mass is 15.3. The summed E-state index contributed by atoms with van der Waals surface area (Å²) in [5.74, 6) is 0.928. The van der Waals surface area contributed by atoms with E-state index in [0.29, 0.717) is 6.54 Å². The van der Waals surface area contributed by atoms with Crippen molar-refractivity contribution in [1.29, 1.82) is 0 Å². The van der Waals surface area contributed by atoms with Gasteiger partial charge in [0.1, 0.15) is 12.2 Å². The van der Waals surface area contributed by atoms with Gasteiger partial charge in [-0.05, 0) is 0 Å². The highest BCUT2D eigenvalue weighted by Gasteiger charge is 2.01. The highest BCUT2D eigenvalue weighted by Crippen LogP contribution is 1.96. The zero-order valence-electron chi connectivity index (χ0n) is 8.88. The molecule has 0 unspecified atom stereocenters. The topological polar surface area (TPSA) is 60.6 Å². The number of imidazole rings is 1. The van der Waals surface area contributed by atoms with Crippen LogP contribution in [-0.2, 0) is 27.2 Å². The third-order valence-corrected chi connectivity index (χ3v) is 2.31. The summed E-state index contributed by atoms with van der Waals surface area (Å²) in [6, 6.07) is 0. The van der Waals surface area contributed by atoms with Gasteiger partial charge in [0.25, 0.3) is 0 Å². The second kappa shape index (κ2) is 4.22. The number of rotatable bonds is 4. The Balaban J connectivity index is 1.86. The van der Waals surface area contributed by atoms with E-state index in [4.69, 9.17) is 0 Å². The van der Waals surface area contributed by atoms with E-state index in [1.54, 1.807) is 12.7 Å². The highest BCUT2D eigenvalue weighted by molar-refractivity contribution is 4.97. The van der Waals surface area contributed by atoms with Crippen LogP contribution in [0.4, 0.5) is 0 Å². The van der Waals surface area contributed by atoms with Crippen molar-refractivity contribution in [3.63, 3.8) is 0 Å². The molecule has 15 heavy (non-hydrogen) atoms. The number of aryl methyl sites for hydroxylation is 2. The van der Waals surface area contributed by atoms with Crippen LogP contribution in [0, 0.1) is 0 Å². The Morgan fingerprint density at radius 3 is 2.67 bits per heavy atom. The van der Waals surface area contributed by atoms with Gasteiger partial charge in [0.15, 0.2) is 0 Å². The average molecular weight is 206 g/mol. The molecule has 0 saturated carbocycles. The maximum atomic E-state index is 4.04. The molecule has 0 amide bonds. The Hall–Kier alpha value is -1.69. The first-order chi connectivity index (χ1) is 7.27. The van der Waals surface area contributed by atoms with Crippen LogP contribution in [-0.4, -0.2) is 24.3 Å². The SMILES string of the molecule is Cn1cncc1CNCc1nncn1C. The fraction of sp³-hybridized carbons (Fsp3) is 0.444. The van der Waals surface area contributed by atoms with E-state index in [9.17, 15) is 0 Å². The third kappa shape index (κ3) is 2.21. The Labute approximate surface area is 88.0 Å². The van der Waals surface area contributed by atoms with E-state index in [1.165, 1.54) is 0 Å². The van der Waals surface area contributed by atoms with Gasteiger partial charge in [-0.3, -0.25) is 0 Å². The monoisotopic (exact) mass is 206 g/mol. The molecule has 0 aliphatic carbocycles. The van der Waals surface area contributed by atoms with Crippen LogP contribution in [0.15, 0.2) is 18.9 Å². The maximum Gasteiger partial charge on any atom is 0.146 e. The van der Waals surface area contributed by atoms with Gasteiger partial charge in [-0.15, -0.1) is 10.2 Å². The average Bonchev–Trinajstić information content (AvgIpc) is 2.78. The third-order valence-electron chi connectivity index (χ3n) is 2.31. The standard InChI is InChI=1S/C9H14N6/c1-14-6-11-4-8(14)3-10-5-9-13-12-7-15(9)2/h4,6-7,10H,3,5H2,1-2H3. The van der Waals surface area contributed by atoms with Gasteiger partial charge in [-0.1, -0.05) is 0 Å². The number of nitrogens with one attached hydrogen (secondary N) is 1. The van der Waals surface area contributed by atoms with Gasteiger partial charge in [0.05, 0.1) is 18.6 Å². The molecule has 2 aromatic rings. The molecule has 0 atom stereocenters. The lowest BCUT2D eigenvalue weighted by Crippen LogP contribution is -2.17. The molecule has 0 aliphatic heterocycles. The van der Waals surface area contributed by atoms with Crippen LogP contribution < -0.4 is 5.32 Å². The second-order valence-electron chi connectivity index (χ2n) is 3.46. The van der Waals surface area contributed by atoms with Crippen molar-refractivity contribution in [2.75, 3.05) is 0 Å². The minimum absolute atomic E-state index is 0.710. The molecule has 0 saturated heterocycles. The van der Waals surface area contributed by atoms with Gasteiger partial charge < -0.3 is 14.5 Å². The largest absolute Gasteiger partial charge is 0.337 e. The predicted molar refractivity (Wildman–Crippen MR) is 54.8 cm³/mol. The Morgan fingerprint density at radius 1 is 1.20 bits per heavy atom. The minimum Gasteiger partial charge on any atom is -0.337 e. The normalized spacial score (nSPS) is 10.8. The van der Waals surface area contributed by atoms with Gasteiger partial charge in [0, 0.05) is 26.8 Å². The van der Waals surface area contributed by atoms with E-state index in [2.05, 4.69) is 20.5 Å². The van der Waals surface area contributed by atoms with Gasteiger partial charge in [0.2, 0.25) is 0 Å². The lowest BCUT2D eigenvalue weighted by Gasteiger charge is -2.04. The maximum absolute atomic E-state index is 4.04. The Kier molecular flexibility index (Phi) is 2.77. The molecule has 6 heteroatoms. The summed E-state index contributed by atoms with van der Waals surface area (Å²) in [6.45, 7) is 1.49. The predicted octanol–water partition coefficient (Wildman–Crippen LogP) is -0.162. The van der Waals surface area contributed by atoms with Crippen LogP contribution in [0.3, 0.4) is 0 Å². The minimum atomic E-state index is 0.710. The van der Waals surface area contributed by atoms with E-state index in [0.717, 1.165) is 18.1 Å². The molecule has 1 N–H and O–H groups in total. The lowest BCUT2D eigenvalue weighted by molar-refractivity contribution is 0.615. The van der Waals surface area contributed by atoms with Crippen molar-refractivity contribution in [3.8, 4) is 0 Å². The molecular weight excluding hydrogens is 192 g/mol. The molecule has 0 aliphatic rings. The molecule has 0 fully saturated rings. The summed E-state index contributed by atoms with van der Waals surface area (Å²) in [7, 11) is 3.91. The fourth-order valence-electron chi connectivity index (χ4n) is 1.32. The van der Waals surface area contributed by atoms with E-state index in [-0.39, 0.29) is 0 Å². The van der Waals surface area contributed by atoms with Crippen LogP contribution >= 0.6 is 0 Å². The Morgan fingerprint density at radius 2 is 2.07 bits per heavy atom. The lowest BCUT2D eigenvalue weighted by atomic mass is 10.4. The number of aromatic nitrogens is 5. The molecule has 0 radical (unpaired) electrons. The molecule has 0 aromatic carbocycles. The van der Waals surface area contributed by atoms with Crippen molar-refractivity contribution in [1.82, 2.24) is 29.6 Å². The second-order valence-corrected chi connectivity index (χ2v) is 3.46. The summed E-state index contributed by atoms with van der Waals surface area (Å²) in [5.41, 5.74) is 1.15. The zero-order valence-corrected chi connectivity index (χ0v) is 8.88. The van der Waals surface area contributed by atoms with Crippen LogP contribution in [0.1, 0.15) is 11.5 Å². The van der Waals surface area contributed by atoms with Crippen LogP contribution in [0.5, 0.6) is 0 Å². The van der Waals surface area contributed by atoms with E-state index < -0.39 is 0 Å². The van der Waals surface area contributed by atoms with Crippen molar-refractivity contribution in [2.24, 2.45) is 14.1 Å². The summed E-state index contributed by atoms with van der Waals surface area (Å²) < 4.78 is 3.89. The zero-order chi connectivity index (χ0) is 10.7. The van der Waals surface area contributed by atoms with Crippen molar-refractivity contribution >= 4 is 0 Å². The Bertz CT molecular complexity index is 389. The van der Waals surface area contributed by atoms with Crippen LogP contribution in [0.25, 0.3) is 0 Å². The smallest absolute Gasteiger partial charge is 0.146 e. The van der Waals surface area contributed by atoms with Crippen molar-refractivity contribution in [2.45, 2.75) is 13.1 Å². The fourth-order valence-corrected chi connectivity index (χ4v) is 1.32. The van der Waals surface area contributed by atoms with Gasteiger partial charge in [-0.2, -0.15) is 0 Å². The first-order valence-electron chi connectivity index (χ1n) is 4.76. The number of hydrogen-bond donors (Lipinski definition) is 1. The van der Waals surface area contributed by atoms with Crippen molar-refractivity contribution in [3.05, 3.63) is 30.4 Å². The summed E-state index contributed by atoms with van der Waals surface area (Å²) >= 11 is 0. The molecule has 6 nitrogen and oxygen atoms in total. The van der Waals surface area contributed by atoms with Crippen LogP contribution in [0.2, 0.25) is 0 Å². The van der Waals surface area contributed by atoms with Gasteiger partial charge >= 0.3 is 0 Å². The first kappa shape index (κ1) is 9.85. The first-order valence-corrected chi connectivity index (χ1v) is 4.76. The molecule has 0 bridgehead atoms. The summed E-state index contributed by atoms with van der Waals surface area (Å²) in [5, 5.41) is 11.1. The molecular formula is C9H14N6. The molecule has 2 rings (SSSR count). The number of nitrogens with zero attached hydrogens (tertiary/aromatic N) is 5. The quantitative estimate of drug-likeness (QED) is 0.755. The van der Waals surface area contributed by atoms with E-state index in [1.807, 2.05) is 29.4 Å².